The third kappa shape index (κ3) is 7.33. The van der Waals surface area contributed by atoms with Gasteiger partial charge in [0.2, 0.25) is 10.0 Å². The summed E-state index contributed by atoms with van der Waals surface area (Å²) in [6, 6.07) is 0. The lowest BCUT2D eigenvalue weighted by molar-refractivity contribution is -0.137. The van der Waals surface area contributed by atoms with E-state index in [9.17, 15) is 13.2 Å². The van der Waals surface area contributed by atoms with Crippen molar-refractivity contribution < 1.29 is 18.3 Å². The van der Waals surface area contributed by atoms with Crippen molar-refractivity contribution in [3.8, 4) is 0 Å². The van der Waals surface area contributed by atoms with E-state index in [0.29, 0.717) is 13.0 Å². The van der Waals surface area contributed by atoms with Crippen LogP contribution in [0.1, 0.15) is 40.5 Å². The number of carboxylic acids is 1. The van der Waals surface area contributed by atoms with E-state index in [-0.39, 0.29) is 24.1 Å². The fraction of sp³-hybridized carbons (Fsp3) is 0.909. The number of hydrogen-bond acceptors (Lipinski definition) is 3. The van der Waals surface area contributed by atoms with Crippen molar-refractivity contribution in [2.24, 2.45) is 5.41 Å². The molecule has 0 saturated heterocycles. The zero-order valence-electron chi connectivity index (χ0n) is 11.1. The molecule has 0 rings (SSSR count). The summed E-state index contributed by atoms with van der Waals surface area (Å²) in [5.74, 6) is -0.904. The maximum atomic E-state index is 12.0. The van der Waals surface area contributed by atoms with Crippen LogP contribution in [0.25, 0.3) is 0 Å². The molecule has 0 aliphatic carbocycles. The van der Waals surface area contributed by atoms with Gasteiger partial charge in [-0.2, -0.15) is 0 Å². The van der Waals surface area contributed by atoms with E-state index in [1.165, 1.54) is 4.31 Å². The number of sulfonamides is 1. The summed E-state index contributed by atoms with van der Waals surface area (Å²) in [5, 5.41) is 8.56. The highest BCUT2D eigenvalue weighted by Gasteiger charge is 2.23. The summed E-state index contributed by atoms with van der Waals surface area (Å²) >= 11 is 0. The summed E-state index contributed by atoms with van der Waals surface area (Å²) in [6.07, 6.45) is 0.418. The SMILES string of the molecule is CCN(CCC(=O)O)S(=O)(=O)CCC(C)(C)C. The van der Waals surface area contributed by atoms with Crippen LogP contribution in [0.2, 0.25) is 0 Å². The Morgan fingerprint density at radius 3 is 2.18 bits per heavy atom. The number of carboxylic acid groups (broad SMARTS) is 1. The van der Waals surface area contributed by atoms with Gasteiger partial charge in [-0.3, -0.25) is 4.79 Å². The molecule has 0 aromatic heterocycles. The Kier molecular flexibility index (Phi) is 6.12. The molecule has 0 radical (unpaired) electrons. The average molecular weight is 265 g/mol. The van der Waals surface area contributed by atoms with Crippen LogP contribution < -0.4 is 0 Å². The molecule has 102 valence electrons. The van der Waals surface area contributed by atoms with E-state index >= 15 is 0 Å². The Morgan fingerprint density at radius 1 is 1.29 bits per heavy atom. The van der Waals surface area contributed by atoms with Crippen LogP contribution in [-0.4, -0.2) is 42.6 Å². The quantitative estimate of drug-likeness (QED) is 0.758. The molecule has 0 unspecified atom stereocenters. The second-order valence-electron chi connectivity index (χ2n) is 5.26. The van der Waals surface area contributed by atoms with Crippen molar-refractivity contribution in [3.63, 3.8) is 0 Å². The van der Waals surface area contributed by atoms with Gasteiger partial charge in [-0.05, 0) is 11.8 Å². The molecule has 0 fully saturated rings. The molecule has 0 spiro atoms. The minimum absolute atomic E-state index is 0.0424. The van der Waals surface area contributed by atoms with Crippen LogP contribution in [0.4, 0.5) is 0 Å². The number of carbonyl (C=O) groups is 1. The van der Waals surface area contributed by atoms with Gasteiger partial charge >= 0.3 is 5.97 Å². The summed E-state index contributed by atoms with van der Waals surface area (Å²) in [6.45, 7) is 8.04. The molecule has 0 aromatic carbocycles. The lowest BCUT2D eigenvalue weighted by atomic mass is 9.94. The molecule has 0 atom stereocenters. The maximum absolute atomic E-state index is 12.0. The van der Waals surface area contributed by atoms with E-state index in [4.69, 9.17) is 5.11 Å². The van der Waals surface area contributed by atoms with Crippen molar-refractivity contribution in [1.29, 1.82) is 0 Å². The third-order valence-electron chi connectivity index (χ3n) is 2.43. The Hall–Kier alpha value is -0.620. The van der Waals surface area contributed by atoms with Crippen LogP contribution in [0.15, 0.2) is 0 Å². The van der Waals surface area contributed by atoms with E-state index in [1.54, 1.807) is 6.92 Å². The molecular weight excluding hydrogens is 242 g/mol. The van der Waals surface area contributed by atoms with Gasteiger partial charge in [0.25, 0.3) is 0 Å². The smallest absolute Gasteiger partial charge is 0.304 e. The van der Waals surface area contributed by atoms with Crippen molar-refractivity contribution in [2.75, 3.05) is 18.8 Å². The predicted molar refractivity (Wildman–Crippen MR) is 67.4 cm³/mol. The molecule has 5 nitrogen and oxygen atoms in total. The molecule has 0 bridgehead atoms. The molecule has 0 saturated carbocycles. The fourth-order valence-electron chi connectivity index (χ4n) is 1.28. The first-order chi connectivity index (χ1) is 7.58. The largest absolute Gasteiger partial charge is 0.481 e. The monoisotopic (exact) mass is 265 g/mol. The van der Waals surface area contributed by atoms with Crippen molar-refractivity contribution in [3.05, 3.63) is 0 Å². The number of rotatable bonds is 7. The van der Waals surface area contributed by atoms with Gasteiger partial charge in [-0.15, -0.1) is 0 Å². The first-order valence-corrected chi connectivity index (χ1v) is 7.39. The summed E-state index contributed by atoms with van der Waals surface area (Å²) in [4.78, 5) is 10.4. The summed E-state index contributed by atoms with van der Waals surface area (Å²) in [5.41, 5.74) is -0.0424. The fourth-order valence-corrected chi connectivity index (χ4v) is 3.17. The zero-order chi connectivity index (χ0) is 13.7. The number of aliphatic carboxylic acids is 1. The highest BCUT2D eigenvalue weighted by molar-refractivity contribution is 7.89. The molecule has 0 heterocycles. The van der Waals surface area contributed by atoms with Gasteiger partial charge in [0.05, 0.1) is 12.2 Å². The standard InChI is InChI=1S/C11H23NO4S/c1-5-12(8-6-10(13)14)17(15,16)9-7-11(2,3)4/h5-9H2,1-4H3,(H,13,14). The number of nitrogens with zero attached hydrogens (tertiary/aromatic N) is 1. The molecule has 6 heteroatoms. The lowest BCUT2D eigenvalue weighted by Crippen LogP contribution is -2.35. The molecule has 0 aliphatic rings. The molecule has 17 heavy (non-hydrogen) atoms. The Bertz CT molecular complexity index is 343. The second-order valence-corrected chi connectivity index (χ2v) is 7.35. The maximum Gasteiger partial charge on any atom is 0.304 e. The predicted octanol–water partition coefficient (Wildman–Crippen LogP) is 1.55. The Balaban J connectivity index is 4.48. The van der Waals surface area contributed by atoms with Gasteiger partial charge < -0.3 is 5.11 Å². The van der Waals surface area contributed by atoms with Crippen molar-refractivity contribution in [1.82, 2.24) is 4.31 Å². The van der Waals surface area contributed by atoms with Gasteiger partial charge in [0, 0.05) is 13.1 Å². The van der Waals surface area contributed by atoms with E-state index < -0.39 is 16.0 Å². The molecule has 0 amide bonds. The van der Waals surface area contributed by atoms with Gasteiger partial charge in [-0.1, -0.05) is 27.7 Å². The zero-order valence-corrected chi connectivity index (χ0v) is 11.9. The van der Waals surface area contributed by atoms with E-state index in [2.05, 4.69) is 0 Å². The van der Waals surface area contributed by atoms with Crippen LogP contribution in [0, 0.1) is 5.41 Å². The average Bonchev–Trinajstić information content (AvgIpc) is 2.14. The van der Waals surface area contributed by atoms with Gasteiger partial charge in [0.15, 0.2) is 0 Å². The summed E-state index contributed by atoms with van der Waals surface area (Å²) in [7, 11) is -3.33. The highest BCUT2D eigenvalue weighted by Crippen LogP contribution is 2.20. The van der Waals surface area contributed by atoms with Gasteiger partial charge in [-0.25, -0.2) is 12.7 Å². The van der Waals surface area contributed by atoms with E-state index in [1.807, 2.05) is 20.8 Å². The van der Waals surface area contributed by atoms with Crippen LogP contribution in [-0.2, 0) is 14.8 Å². The van der Waals surface area contributed by atoms with Crippen LogP contribution in [0.3, 0.4) is 0 Å². The van der Waals surface area contributed by atoms with E-state index in [0.717, 1.165) is 0 Å². The lowest BCUT2D eigenvalue weighted by Gasteiger charge is -2.23. The molecule has 0 aliphatic heterocycles. The minimum Gasteiger partial charge on any atom is -0.481 e. The van der Waals surface area contributed by atoms with Crippen molar-refractivity contribution >= 4 is 16.0 Å². The van der Waals surface area contributed by atoms with Gasteiger partial charge in [0.1, 0.15) is 0 Å². The normalized spacial score (nSPS) is 13.0. The highest BCUT2D eigenvalue weighted by atomic mass is 32.2. The van der Waals surface area contributed by atoms with Crippen LogP contribution >= 0.6 is 0 Å². The van der Waals surface area contributed by atoms with Crippen molar-refractivity contribution in [2.45, 2.75) is 40.5 Å². The Morgan fingerprint density at radius 2 is 1.82 bits per heavy atom. The Labute approximate surface area is 104 Å². The molecular formula is C11H23NO4S. The molecule has 0 aromatic rings. The molecule has 1 N–H and O–H groups in total. The summed E-state index contributed by atoms with van der Waals surface area (Å²) < 4.78 is 25.2. The third-order valence-corrected chi connectivity index (χ3v) is 4.38. The van der Waals surface area contributed by atoms with Crippen LogP contribution in [0.5, 0.6) is 0 Å². The second kappa shape index (κ2) is 6.35. The minimum atomic E-state index is -3.33. The number of hydrogen-bond donors (Lipinski definition) is 1. The first kappa shape index (κ1) is 16.4. The topological polar surface area (TPSA) is 74.7 Å². The first-order valence-electron chi connectivity index (χ1n) is 5.78.